The maximum absolute atomic E-state index is 3.57. The van der Waals surface area contributed by atoms with Crippen LogP contribution in [0.15, 0.2) is 60.7 Å². The molecule has 0 unspecified atom stereocenters. The van der Waals surface area contributed by atoms with E-state index in [9.17, 15) is 0 Å². The van der Waals surface area contributed by atoms with Gasteiger partial charge in [0.05, 0.1) is 10.8 Å². The van der Waals surface area contributed by atoms with Crippen molar-refractivity contribution in [2.24, 2.45) is 0 Å². The van der Waals surface area contributed by atoms with Crippen LogP contribution >= 0.6 is 0 Å². The summed E-state index contributed by atoms with van der Waals surface area (Å²) in [5.74, 6) is 0. The van der Waals surface area contributed by atoms with Crippen molar-refractivity contribution in [1.82, 2.24) is 0 Å². The van der Waals surface area contributed by atoms with Crippen molar-refractivity contribution in [3.8, 4) is 11.1 Å². The first-order chi connectivity index (χ1) is 11.1. The number of pyridine rings is 1. The van der Waals surface area contributed by atoms with E-state index in [-0.39, 0.29) is 0 Å². The minimum atomic E-state index is 1.18. The van der Waals surface area contributed by atoms with Crippen LogP contribution in [-0.2, 0) is 0 Å². The Balaban J connectivity index is 2.25. The molecule has 112 valence electrons. The van der Waals surface area contributed by atoms with E-state index in [1.54, 1.807) is 0 Å². The lowest BCUT2D eigenvalue weighted by Crippen LogP contribution is -2.07. The Morgan fingerprint density at radius 2 is 1.09 bits per heavy atom. The molecule has 0 aliphatic rings. The van der Waals surface area contributed by atoms with Gasteiger partial charge in [0.1, 0.15) is 0 Å². The zero-order valence-electron chi connectivity index (χ0n) is 13.8. The predicted molar refractivity (Wildman–Crippen MR) is 97.7 cm³/mol. The zero-order chi connectivity index (χ0) is 16.0. The number of benzene rings is 3. The SMILES string of the molecule is Cc1cc(C)c(-c2c3ccccc3[nH+]c3ccccc23)c(C)c1. The first kappa shape index (κ1) is 14.0. The van der Waals surface area contributed by atoms with Crippen molar-refractivity contribution in [1.29, 1.82) is 0 Å². The van der Waals surface area contributed by atoms with Crippen LogP contribution in [0.2, 0.25) is 0 Å². The Hall–Kier alpha value is -2.67. The lowest BCUT2D eigenvalue weighted by molar-refractivity contribution is -0.310. The summed E-state index contributed by atoms with van der Waals surface area (Å²) in [4.78, 5) is 3.57. The highest BCUT2D eigenvalue weighted by atomic mass is 14.7. The number of aromatic nitrogens is 1. The maximum Gasteiger partial charge on any atom is 0.211 e. The van der Waals surface area contributed by atoms with Gasteiger partial charge in [0.25, 0.3) is 0 Å². The van der Waals surface area contributed by atoms with Crippen LogP contribution in [0, 0.1) is 20.8 Å². The first-order valence-electron chi connectivity index (χ1n) is 8.06. The number of rotatable bonds is 1. The monoisotopic (exact) mass is 298 g/mol. The zero-order valence-corrected chi connectivity index (χ0v) is 13.8. The molecule has 0 spiro atoms. The molecule has 23 heavy (non-hydrogen) atoms. The number of fused-ring (bicyclic) bond motifs is 2. The second-order valence-electron chi connectivity index (χ2n) is 6.36. The van der Waals surface area contributed by atoms with Crippen LogP contribution in [0.5, 0.6) is 0 Å². The molecule has 0 fully saturated rings. The molecule has 3 aromatic carbocycles. The van der Waals surface area contributed by atoms with E-state index in [1.807, 2.05) is 0 Å². The average Bonchev–Trinajstić information content (AvgIpc) is 2.53. The molecule has 1 N–H and O–H groups in total. The third kappa shape index (κ3) is 2.20. The normalized spacial score (nSPS) is 11.3. The molecule has 1 nitrogen and oxygen atoms in total. The molecule has 4 aromatic rings. The summed E-state index contributed by atoms with van der Waals surface area (Å²) in [5, 5.41) is 2.56. The fourth-order valence-corrected chi connectivity index (χ4v) is 3.75. The molecular weight excluding hydrogens is 278 g/mol. The molecule has 4 rings (SSSR count). The van der Waals surface area contributed by atoms with Crippen LogP contribution in [0.3, 0.4) is 0 Å². The lowest BCUT2D eigenvalue weighted by atomic mass is 9.89. The first-order valence-corrected chi connectivity index (χ1v) is 8.06. The van der Waals surface area contributed by atoms with Gasteiger partial charge in [-0.1, -0.05) is 42.0 Å². The fraction of sp³-hybridized carbons (Fsp3) is 0.136. The number of hydrogen-bond donors (Lipinski definition) is 0. The Morgan fingerprint density at radius 1 is 0.609 bits per heavy atom. The van der Waals surface area contributed by atoms with Gasteiger partial charge in [-0.25, -0.2) is 4.98 Å². The molecule has 0 saturated carbocycles. The summed E-state index contributed by atoms with van der Waals surface area (Å²) in [7, 11) is 0. The Kier molecular flexibility index (Phi) is 3.16. The fourth-order valence-electron chi connectivity index (χ4n) is 3.75. The van der Waals surface area contributed by atoms with E-state index in [0.29, 0.717) is 0 Å². The Bertz CT molecular complexity index is 967. The molecule has 1 heteroatoms. The van der Waals surface area contributed by atoms with Crippen LogP contribution in [0.1, 0.15) is 16.7 Å². The lowest BCUT2D eigenvalue weighted by Gasteiger charge is -2.14. The minimum Gasteiger partial charge on any atom is -0.204 e. The minimum absolute atomic E-state index is 1.18. The maximum atomic E-state index is 3.57. The Morgan fingerprint density at radius 3 is 1.61 bits per heavy atom. The quantitative estimate of drug-likeness (QED) is 0.418. The molecule has 0 saturated heterocycles. The largest absolute Gasteiger partial charge is 0.211 e. The second kappa shape index (κ2) is 5.20. The van der Waals surface area contributed by atoms with Gasteiger partial charge in [-0.3, -0.25) is 0 Å². The van der Waals surface area contributed by atoms with Gasteiger partial charge >= 0.3 is 0 Å². The summed E-state index contributed by atoms with van der Waals surface area (Å²) >= 11 is 0. The Labute approximate surface area is 136 Å². The number of aromatic amines is 1. The standard InChI is InChI=1S/C22H19N/c1-14-12-15(2)21(16(3)13-14)22-17-8-4-6-10-19(17)23-20-11-7-5-9-18(20)22/h4-13H,1-3H3/p+1. The van der Waals surface area contributed by atoms with Crippen LogP contribution in [-0.4, -0.2) is 0 Å². The average molecular weight is 298 g/mol. The van der Waals surface area contributed by atoms with E-state index < -0.39 is 0 Å². The molecule has 0 aliphatic heterocycles. The smallest absolute Gasteiger partial charge is 0.204 e. The second-order valence-corrected chi connectivity index (χ2v) is 6.36. The molecule has 0 bridgehead atoms. The molecular formula is C22H20N+. The van der Waals surface area contributed by atoms with Crippen LogP contribution in [0.4, 0.5) is 0 Å². The van der Waals surface area contributed by atoms with Crippen molar-refractivity contribution in [2.45, 2.75) is 20.8 Å². The number of aryl methyl sites for hydroxylation is 3. The third-order valence-electron chi connectivity index (χ3n) is 4.59. The molecule has 1 heterocycles. The van der Waals surface area contributed by atoms with E-state index in [1.165, 1.54) is 49.6 Å². The summed E-state index contributed by atoms with van der Waals surface area (Å²) < 4.78 is 0. The van der Waals surface area contributed by atoms with Gasteiger partial charge in [0, 0.05) is 17.7 Å². The number of H-pyrrole nitrogens is 1. The van der Waals surface area contributed by atoms with Crippen molar-refractivity contribution < 1.29 is 4.98 Å². The van der Waals surface area contributed by atoms with Gasteiger partial charge in [-0.2, -0.15) is 0 Å². The molecule has 0 atom stereocenters. The third-order valence-corrected chi connectivity index (χ3v) is 4.59. The summed E-state index contributed by atoms with van der Waals surface area (Å²) in [6, 6.07) is 21.7. The topological polar surface area (TPSA) is 14.1 Å². The van der Waals surface area contributed by atoms with Gasteiger partial charge in [-0.05, 0) is 49.6 Å². The number of para-hydroxylation sites is 2. The van der Waals surface area contributed by atoms with E-state index in [0.717, 1.165) is 0 Å². The van der Waals surface area contributed by atoms with Crippen LogP contribution < -0.4 is 4.98 Å². The van der Waals surface area contributed by atoms with E-state index in [2.05, 4.69) is 86.4 Å². The predicted octanol–water partition coefficient (Wildman–Crippen LogP) is 5.40. The molecule has 0 amide bonds. The highest BCUT2D eigenvalue weighted by Gasteiger charge is 2.18. The highest BCUT2D eigenvalue weighted by Crippen LogP contribution is 2.37. The highest BCUT2D eigenvalue weighted by molar-refractivity contribution is 6.08. The summed E-state index contributed by atoms with van der Waals surface area (Å²) in [6.45, 7) is 6.60. The van der Waals surface area contributed by atoms with Crippen molar-refractivity contribution in [3.05, 3.63) is 77.4 Å². The van der Waals surface area contributed by atoms with Gasteiger partial charge in [0.2, 0.25) is 11.0 Å². The van der Waals surface area contributed by atoms with Gasteiger partial charge in [0.15, 0.2) is 0 Å². The summed E-state index contributed by atoms with van der Waals surface area (Å²) in [5.41, 5.74) is 9.05. The molecule has 0 radical (unpaired) electrons. The van der Waals surface area contributed by atoms with Crippen molar-refractivity contribution in [2.75, 3.05) is 0 Å². The molecule has 0 aliphatic carbocycles. The van der Waals surface area contributed by atoms with Crippen molar-refractivity contribution in [3.63, 3.8) is 0 Å². The number of nitrogens with one attached hydrogen (secondary N) is 1. The van der Waals surface area contributed by atoms with Gasteiger partial charge < -0.3 is 0 Å². The number of hydrogen-bond acceptors (Lipinski definition) is 0. The molecule has 1 aromatic heterocycles. The summed E-state index contributed by atoms with van der Waals surface area (Å²) in [6.07, 6.45) is 0. The van der Waals surface area contributed by atoms with Crippen molar-refractivity contribution >= 4 is 21.8 Å². The van der Waals surface area contributed by atoms with E-state index in [4.69, 9.17) is 0 Å². The van der Waals surface area contributed by atoms with E-state index >= 15 is 0 Å². The van der Waals surface area contributed by atoms with Gasteiger partial charge in [-0.15, -0.1) is 0 Å². The van der Waals surface area contributed by atoms with Crippen LogP contribution in [0.25, 0.3) is 32.9 Å².